The lowest BCUT2D eigenvalue weighted by Gasteiger charge is -2.13. The minimum absolute atomic E-state index is 0.0313. The van der Waals surface area contributed by atoms with Gasteiger partial charge in [-0.25, -0.2) is 13.4 Å². The molecule has 0 aliphatic rings. The van der Waals surface area contributed by atoms with Crippen LogP contribution < -0.4 is 11.1 Å². The van der Waals surface area contributed by atoms with Gasteiger partial charge in [0.2, 0.25) is 5.82 Å². The molecule has 0 aromatic carbocycles. The van der Waals surface area contributed by atoms with Gasteiger partial charge in [0, 0.05) is 18.4 Å². The first-order chi connectivity index (χ1) is 8.19. The van der Waals surface area contributed by atoms with Crippen LogP contribution in [-0.4, -0.2) is 36.4 Å². The summed E-state index contributed by atoms with van der Waals surface area (Å²) >= 11 is 0. The molecule has 0 aliphatic heterocycles. The highest BCUT2D eigenvalue weighted by Crippen LogP contribution is 2.23. The summed E-state index contributed by atoms with van der Waals surface area (Å²) in [6.07, 6.45) is 1.09. The molecular weight excluding hydrogens is 260 g/mol. The molecule has 0 amide bonds. The fourth-order valence-electron chi connectivity index (χ4n) is 1.45. The third-order valence-electron chi connectivity index (χ3n) is 2.03. The number of sulfone groups is 1. The molecule has 8 nitrogen and oxygen atoms in total. The quantitative estimate of drug-likeness (QED) is 0.588. The lowest BCUT2D eigenvalue weighted by molar-refractivity contribution is -0.384. The third-order valence-corrected chi connectivity index (χ3v) is 3.13. The lowest BCUT2D eigenvalue weighted by atomic mass is 10.3. The molecule has 0 bridgehead atoms. The number of anilines is 2. The number of rotatable bonds is 5. The molecular formula is C9H14N4O4S. The fraction of sp³-hybridized carbons (Fsp3) is 0.444. The molecule has 0 saturated carbocycles. The number of nitrogen functional groups attached to an aromatic ring is 1. The van der Waals surface area contributed by atoms with E-state index < -0.39 is 20.8 Å². The van der Waals surface area contributed by atoms with Crippen LogP contribution in [0.5, 0.6) is 0 Å². The van der Waals surface area contributed by atoms with E-state index in [0.29, 0.717) is 0 Å². The molecule has 9 heteroatoms. The highest BCUT2D eigenvalue weighted by atomic mass is 32.2. The van der Waals surface area contributed by atoms with Gasteiger partial charge in [0.05, 0.1) is 10.7 Å². The Bertz CT molecular complexity index is 558. The fourth-order valence-corrected chi connectivity index (χ4v) is 2.44. The number of nitrogens with zero attached hydrogens (tertiary/aromatic N) is 2. The van der Waals surface area contributed by atoms with Crippen LogP contribution in [0.4, 0.5) is 17.3 Å². The number of hydrogen-bond acceptors (Lipinski definition) is 7. The summed E-state index contributed by atoms with van der Waals surface area (Å²) in [5, 5.41) is 13.4. The van der Waals surface area contributed by atoms with E-state index in [1.54, 1.807) is 6.92 Å². The zero-order valence-corrected chi connectivity index (χ0v) is 10.8. The van der Waals surface area contributed by atoms with Gasteiger partial charge in [-0.05, 0) is 13.0 Å². The normalized spacial score (nSPS) is 13.0. The summed E-state index contributed by atoms with van der Waals surface area (Å²) in [4.78, 5) is 14.0. The van der Waals surface area contributed by atoms with Crippen molar-refractivity contribution in [3.8, 4) is 0 Å². The topological polar surface area (TPSA) is 128 Å². The van der Waals surface area contributed by atoms with E-state index in [0.717, 1.165) is 6.26 Å². The minimum atomic E-state index is -3.18. The number of aromatic nitrogens is 1. The maximum Gasteiger partial charge on any atom is 0.311 e. The second-order valence-corrected chi connectivity index (χ2v) is 6.18. The largest absolute Gasteiger partial charge is 0.384 e. The third kappa shape index (κ3) is 4.17. The van der Waals surface area contributed by atoms with Crippen molar-refractivity contribution in [3.63, 3.8) is 0 Å². The van der Waals surface area contributed by atoms with Gasteiger partial charge in [-0.1, -0.05) is 0 Å². The van der Waals surface area contributed by atoms with Crippen LogP contribution in [-0.2, 0) is 9.84 Å². The van der Waals surface area contributed by atoms with Crippen molar-refractivity contribution < 1.29 is 13.3 Å². The van der Waals surface area contributed by atoms with Gasteiger partial charge in [-0.2, -0.15) is 0 Å². The van der Waals surface area contributed by atoms with Crippen molar-refractivity contribution in [2.24, 2.45) is 0 Å². The van der Waals surface area contributed by atoms with Crippen molar-refractivity contribution in [1.29, 1.82) is 0 Å². The molecule has 18 heavy (non-hydrogen) atoms. The van der Waals surface area contributed by atoms with Crippen molar-refractivity contribution >= 4 is 27.2 Å². The van der Waals surface area contributed by atoms with E-state index in [2.05, 4.69) is 10.3 Å². The van der Waals surface area contributed by atoms with Crippen LogP contribution in [0.2, 0.25) is 0 Å². The van der Waals surface area contributed by atoms with E-state index in [9.17, 15) is 18.5 Å². The smallest absolute Gasteiger partial charge is 0.311 e. The van der Waals surface area contributed by atoms with Crippen LogP contribution >= 0.6 is 0 Å². The maximum atomic E-state index is 11.1. The van der Waals surface area contributed by atoms with Gasteiger partial charge in [0.25, 0.3) is 0 Å². The van der Waals surface area contributed by atoms with Crippen molar-refractivity contribution in [3.05, 3.63) is 22.2 Å². The van der Waals surface area contributed by atoms with Crippen LogP contribution in [0.3, 0.4) is 0 Å². The Hall–Kier alpha value is -1.90. The highest BCUT2D eigenvalue weighted by Gasteiger charge is 2.19. The standard InChI is InChI=1S/C9H14N4O4S/c1-6(5-18(2,16)17)11-9-7(13(14)15)3-4-8(10)12-9/h3-4,6H,5H2,1-2H3,(H3,10,11,12). The molecule has 1 aromatic rings. The number of pyridine rings is 1. The molecule has 1 atom stereocenters. The predicted molar refractivity (Wildman–Crippen MR) is 68.1 cm³/mol. The van der Waals surface area contributed by atoms with Crippen LogP contribution in [0.15, 0.2) is 12.1 Å². The summed E-state index contributed by atoms with van der Waals surface area (Å²) in [5.74, 6) is -0.0634. The molecule has 0 fully saturated rings. The van der Waals surface area contributed by atoms with Gasteiger partial charge in [0.15, 0.2) is 0 Å². The van der Waals surface area contributed by atoms with E-state index >= 15 is 0 Å². The first-order valence-corrected chi connectivity index (χ1v) is 7.10. The average molecular weight is 274 g/mol. The molecule has 0 aliphatic carbocycles. The van der Waals surface area contributed by atoms with Crippen molar-refractivity contribution in [2.75, 3.05) is 23.1 Å². The van der Waals surface area contributed by atoms with Gasteiger partial charge >= 0.3 is 5.69 Å². The average Bonchev–Trinajstić information content (AvgIpc) is 2.13. The van der Waals surface area contributed by atoms with Gasteiger partial charge in [0.1, 0.15) is 15.7 Å². The summed E-state index contributed by atoms with van der Waals surface area (Å²) in [7, 11) is -3.18. The first-order valence-electron chi connectivity index (χ1n) is 5.04. The molecule has 0 radical (unpaired) electrons. The second-order valence-electron chi connectivity index (χ2n) is 4.00. The number of nitrogens with two attached hydrogens (primary N) is 1. The molecule has 1 rings (SSSR count). The zero-order valence-electron chi connectivity index (χ0n) is 9.95. The Morgan fingerprint density at radius 3 is 2.67 bits per heavy atom. The van der Waals surface area contributed by atoms with Crippen LogP contribution in [0.25, 0.3) is 0 Å². The van der Waals surface area contributed by atoms with E-state index in [-0.39, 0.29) is 23.1 Å². The summed E-state index contributed by atoms with van der Waals surface area (Å²) < 4.78 is 22.2. The van der Waals surface area contributed by atoms with Gasteiger partial charge in [-0.3, -0.25) is 10.1 Å². The number of nitrogens with one attached hydrogen (secondary N) is 1. The Morgan fingerprint density at radius 2 is 2.17 bits per heavy atom. The SMILES string of the molecule is CC(CS(C)(=O)=O)Nc1nc(N)ccc1[N+](=O)[O-]. The second kappa shape index (κ2) is 5.17. The molecule has 0 saturated heterocycles. The molecule has 0 spiro atoms. The maximum absolute atomic E-state index is 11.1. The monoisotopic (exact) mass is 274 g/mol. The number of nitro groups is 1. The summed E-state index contributed by atoms with van der Waals surface area (Å²) in [5.41, 5.74) is 5.19. The Kier molecular flexibility index (Phi) is 4.07. The minimum Gasteiger partial charge on any atom is -0.384 e. The van der Waals surface area contributed by atoms with Crippen molar-refractivity contribution in [2.45, 2.75) is 13.0 Å². The van der Waals surface area contributed by atoms with Crippen LogP contribution in [0, 0.1) is 10.1 Å². The van der Waals surface area contributed by atoms with Crippen molar-refractivity contribution in [1.82, 2.24) is 4.98 Å². The molecule has 1 heterocycles. The van der Waals surface area contributed by atoms with Gasteiger partial charge < -0.3 is 11.1 Å². The highest BCUT2D eigenvalue weighted by molar-refractivity contribution is 7.90. The summed E-state index contributed by atoms with van der Waals surface area (Å²) in [6.45, 7) is 1.59. The van der Waals surface area contributed by atoms with Crippen LogP contribution in [0.1, 0.15) is 6.92 Å². The lowest BCUT2D eigenvalue weighted by Crippen LogP contribution is -2.26. The molecule has 3 N–H and O–H groups in total. The van der Waals surface area contributed by atoms with E-state index in [4.69, 9.17) is 5.73 Å². The molecule has 100 valence electrons. The molecule has 1 aromatic heterocycles. The predicted octanol–water partition coefficient (Wildman–Crippen LogP) is 0.417. The van der Waals surface area contributed by atoms with E-state index in [1.165, 1.54) is 12.1 Å². The molecule has 1 unspecified atom stereocenters. The summed E-state index contributed by atoms with van der Waals surface area (Å²) in [6, 6.07) is 2.02. The Balaban J connectivity index is 2.96. The Labute approximate surface area is 104 Å². The van der Waals surface area contributed by atoms with Gasteiger partial charge in [-0.15, -0.1) is 0 Å². The zero-order chi connectivity index (χ0) is 13.9. The van der Waals surface area contributed by atoms with E-state index in [1.807, 2.05) is 0 Å². The first kappa shape index (κ1) is 14.2. The Morgan fingerprint density at radius 1 is 1.56 bits per heavy atom. The number of hydrogen-bond donors (Lipinski definition) is 2.